The smallest absolute Gasteiger partial charge is 0.335 e. The number of aromatic carboxylic acids is 1. The summed E-state index contributed by atoms with van der Waals surface area (Å²) in [6.07, 6.45) is 15.9. The van der Waals surface area contributed by atoms with E-state index in [1.165, 1.54) is 37.7 Å². The van der Waals surface area contributed by atoms with E-state index in [0.29, 0.717) is 52.6 Å². The zero-order valence-corrected chi connectivity index (χ0v) is 37.0. The van der Waals surface area contributed by atoms with Gasteiger partial charge in [-0.25, -0.2) is 13.2 Å². The summed E-state index contributed by atoms with van der Waals surface area (Å²) in [5.74, 6) is 2.49. The fourth-order valence-electron chi connectivity index (χ4n) is 15.1. The number of hydrogen-bond donors (Lipinski definition) is 3. The molecular weight excluding hydrogens is 717 g/mol. The first-order valence-corrected chi connectivity index (χ1v) is 24.2. The molecule has 6 aliphatic rings. The van der Waals surface area contributed by atoms with Crippen LogP contribution in [0.1, 0.15) is 155 Å². The van der Waals surface area contributed by atoms with E-state index in [0.717, 1.165) is 63.6 Å². The first kappa shape index (κ1) is 42.1. The van der Waals surface area contributed by atoms with E-state index in [4.69, 9.17) is 0 Å². The van der Waals surface area contributed by atoms with E-state index in [2.05, 4.69) is 72.1 Å². The Balaban J connectivity index is 1.15. The molecule has 0 spiro atoms. The van der Waals surface area contributed by atoms with Crippen LogP contribution in [0.4, 0.5) is 0 Å². The van der Waals surface area contributed by atoms with Crippen LogP contribution >= 0.6 is 0 Å². The summed E-state index contributed by atoms with van der Waals surface area (Å²) in [7, 11) is -2.82. The predicted molar refractivity (Wildman–Crippen MR) is 227 cm³/mol. The van der Waals surface area contributed by atoms with E-state index < -0.39 is 15.8 Å². The number of ketones is 1. The van der Waals surface area contributed by atoms with Crippen LogP contribution in [0.5, 0.6) is 0 Å². The lowest BCUT2D eigenvalue weighted by atomic mass is 9.28. The molecule has 3 N–H and O–H groups in total. The molecule has 2 aliphatic heterocycles. The van der Waals surface area contributed by atoms with Gasteiger partial charge in [-0.15, -0.1) is 0 Å². The highest BCUT2D eigenvalue weighted by Gasteiger charge is 2.74. The monoisotopic (exact) mass is 791 g/mol. The lowest BCUT2D eigenvalue weighted by Gasteiger charge is -2.76. The number of carbonyl (C=O) groups is 2. The first-order chi connectivity index (χ1) is 26.2. The van der Waals surface area contributed by atoms with Gasteiger partial charge in [0, 0.05) is 24.0 Å². The van der Waals surface area contributed by atoms with Crippen molar-refractivity contribution in [3.8, 4) is 0 Å². The Kier molecular flexibility index (Phi) is 11.0. The average Bonchev–Trinajstić information content (AvgIpc) is 3.52. The molecule has 0 bridgehead atoms. The Morgan fingerprint density at radius 3 is 2.16 bits per heavy atom. The molecule has 0 radical (unpaired) electrons. The number of benzene rings is 1. The molecular formula is C48H74N2O5S. The Morgan fingerprint density at radius 2 is 1.52 bits per heavy atom. The summed E-state index contributed by atoms with van der Waals surface area (Å²) in [4.78, 5) is 24.5. The van der Waals surface area contributed by atoms with Crippen LogP contribution in [-0.2, 0) is 14.6 Å². The average molecular weight is 791 g/mol. The van der Waals surface area contributed by atoms with Crippen LogP contribution in [0.25, 0.3) is 5.57 Å². The number of carboxylic acid groups (broad SMARTS) is 1. The van der Waals surface area contributed by atoms with E-state index in [1.54, 1.807) is 19.1 Å². The molecule has 7 nitrogen and oxygen atoms in total. The molecule has 5 fully saturated rings. The molecule has 4 aliphatic carbocycles. The van der Waals surface area contributed by atoms with Gasteiger partial charge in [-0.2, -0.15) is 0 Å². The van der Waals surface area contributed by atoms with E-state index in [1.807, 2.05) is 12.1 Å². The third-order valence-corrected chi connectivity index (χ3v) is 21.1. The molecule has 7 rings (SSSR count). The summed E-state index contributed by atoms with van der Waals surface area (Å²) in [6, 6.07) is 7.86. The van der Waals surface area contributed by atoms with Crippen LogP contribution in [0.3, 0.4) is 0 Å². The van der Waals surface area contributed by atoms with E-state index >= 15 is 0 Å². The minimum atomic E-state index is -2.82. The van der Waals surface area contributed by atoms with Crippen LogP contribution in [0.2, 0.25) is 0 Å². The maximum atomic E-state index is 12.9. The molecule has 2 heterocycles. The van der Waals surface area contributed by atoms with Gasteiger partial charge in [0.15, 0.2) is 0 Å². The molecule has 312 valence electrons. The SMILES string of the molecule is CC(=O)C(C)C(C)C1NCC2(NCCCCC3CCS(=O)(=O)CC3)CCC3(C)C(CCC4(C)C5(C)CC=C(c6ccc(C(=O)O)cc6)C(C)(C)C5CCC34C)C12. The topological polar surface area (TPSA) is 113 Å². The summed E-state index contributed by atoms with van der Waals surface area (Å²) >= 11 is 0. The molecule has 8 heteroatoms. The van der Waals surface area contributed by atoms with Gasteiger partial charge in [0.2, 0.25) is 0 Å². The second-order valence-corrected chi connectivity index (χ2v) is 23.8. The maximum absolute atomic E-state index is 12.9. The maximum Gasteiger partial charge on any atom is 0.335 e. The molecule has 0 aromatic heterocycles. The number of Topliss-reactive ketones (excluding diaryl/α,β-unsaturated/α-hetero) is 1. The molecule has 1 aromatic carbocycles. The number of nitrogens with one attached hydrogen (secondary N) is 2. The van der Waals surface area contributed by atoms with Gasteiger partial charge in [-0.05, 0) is 158 Å². The second-order valence-electron chi connectivity index (χ2n) is 21.5. The van der Waals surface area contributed by atoms with Crippen molar-refractivity contribution in [3.63, 3.8) is 0 Å². The Morgan fingerprint density at radius 1 is 0.875 bits per heavy atom. The Labute approximate surface area is 339 Å². The van der Waals surface area contributed by atoms with Crippen LogP contribution in [0.15, 0.2) is 30.3 Å². The third kappa shape index (κ3) is 6.42. The van der Waals surface area contributed by atoms with Crippen LogP contribution < -0.4 is 10.6 Å². The second kappa shape index (κ2) is 14.6. The zero-order chi connectivity index (χ0) is 40.7. The normalized spacial score (nSPS) is 41.3. The third-order valence-electron chi connectivity index (χ3n) is 19.3. The van der Waals surface area contributed by atoms with Crippen molar-refractivity contribution in [3.05, 3.63) is 41.5 Å². The molecule has 0 amide bonds. The van der Waals surface area contributed by atoms with Crippen LogP contribution in [-0.4, -0.2) is 61.5 Å². The van der Waals surface area contributed by atoms with E-state index in [9.17, 15) is 23.1 Å². The van der Waals surface area contributed by atoms with Gasteiger partial charge in [-0.1, -0.05) is 86.4 Å². The number of unbranched alkanes of at least 4 members (excludes halogenated alkanes) is 1. The first-order valence-electron chi connectivity index (χ1n) is 22.4. The number of allylic oxidation sites excluding steroid dienone is 2. The van der Waals surface area contributed by atoms with Crippen molar-refractivity contribution in [2.24, 2.45) is 62.6 Å². The van der Waals surface area contributed by atoms with Crippen molar-refractivity contribution in [1.29, 1.82) is 0 Å². The highest BCUT2D eigenvalue weighted by atomic mass is 32.2. The standard InChI is InChI=1S/C48H74N2O5S/c1-31(33(3)51)32(2)41-40-38-18-23-47(9)45(7)22-17-37(35-13-15-36(16-14-35)42(52)53)43(4,5)39(45)19-24-46(47,8)44(38,6)25-26-48(40,30-49-41)50-27-11-10-12-34-20-28-56(54,55)29-21-34/h13-17,31-32,34,38-41,49-50H,10-12,18-30H2,1-9H3,(H,52,53). The van der Waals surface area contributed by atoms with Crippen molar-refractivity contribution >= 4 is 27.2 Å². The Hall–Kier alpha value is -2.03. The lowest BCUT2D eigenvalue weighted by Crippen LogP contribution is -2.72. The molecule has 3 saturated carbocycles. The highest BCUT2D eigenvalue weighted by molar-refractivity contribution is 7.91. The number of carbonyl (C=O) groups excluding carboxylic acids is 1. The number of carboxylic acids is 1. The number of sulfone groups is 1. The fraction of sp³-hybridized carbons (Fsp3) is 0.792. The number of hydrogen-bond acceptors (Lipinski definition) is 6. The van der Waals surface area contributed by atoms with Gasteiger partial charge >= 0.3 is 5.97 Å². The summed E-state index contributed by atoms with van der Waals surface area (Å²) in [5, 5.41) is 17.9. The zero-order valence-electron chi connectivity index (χ0n) is 36.2. The van der Waals surface area contributed by atoms with Gasteiger partial charge < -0.3 is 15.7 Å². The minimum Gasteiger partial charge on any atom is -0.478 e. The fourth-order valence-corrected chi connectivity index (χ4v) is 16.7. The quantitative estimate of drug-likeness (QED) is 0.192. The van der Waals surface area contributed by atoms with Crippen molar-refractivity contribution in [2.75, 3.05) is 24.6 Å². The Bertz CT molecular complexity index is 1810. The van der Waals surface area contributed by atoms with Gasteiger partial charge in [0.1, 0.15) is 15.6 Å². The molecule has 11 atom stereocenters. The number of rotatable bonds is 11. The number of fused-ring (bicyclic) bond motifs is 7. The lowest BCUT2D eigenvalue weighted by molar-refractivity contribution is -0.267. The van der Waals surface area contributed by atoms with Gasteiger partial charge in [0.25, 0.3) is 0 Å². The highest BCUT2D eigenvalue weighted by Crippen LogP contribution is 2.80. The molecule has 56 heavy (non-hydrogen) atoms. The van der Waals surface area contributed by atoms with E-state index in [-0.39, 0.29) is 44.4 Å². The summed E-state index contributed by atoms with van der Waals surface area (Å²) < 4.78 is 24.0. The minimum absolute atomic E-state index is 0.0142. The summed E-state index contributed by atoms with van der Waals surface area (Å²) in [6.45, 7) is 23.8. The predicted octanol–water partition coefficient (Wildman–Crippen LogP) is 9.61. The molecule has 11 unspecified atom stereocenters. The van der Waals surface area contributed by atoms with Crippen molar-refractivity contribution in [2.45, 2.75) is 151 Å². The molecule has 1 aromatic rings. The van der Waals surface area contributed by atoms with Gasteiger partial charge in [0.05, 0.1) is 17.1 Å². The molecule has 2 saturated heterocycles. The largest absolute Gasteiger partial charge is 0.478 e. The van der Waals surface area contributed by atoms with Gasteiger partial charge in [-0.3, -0.25) is 4.79 Å². The summed E-state index contributed by atoms with van der Waals surface area (Å²) in [5.41, 5.74) is 3.43. The van der Waals surface area contributed by atoms with Crippen molar-refractivity contribution in [1.82, 2.24) is 10.6 Å². The van der Waals surface area contributed by atoms with Crippen LogP contribution in [0, 0.1) is 62.6 Å². The van der Waals surface area contributed by atoms with Crippen molar-refractivity contribution < 1.29 is 23.1 Å².